The van der Waals surface area contributed by atoms with Crippen molar-refractivity contribution >= 4 is 17.3 Å². The molecular weight excluding hydrogens is 495 g/mol. The Morgan fingerprint density at radius 3 is 2.55 bits per heavy atom. The van der Waals surface area contributed by atoms with Gasteiger partial charge in [-0.25, -0.2) is 4.39 Å². The first-order valence-electron chi connectivity index (χ1n) is 12.2. The van der Waals surface area contributed by atoms with Gasteiger partial charge in [0.1, 0.15) is 29.5 Å². The quantitative estimate of drug-likeness (QED) is 0.443. The fourth-order valence-corrected chi connectivity index (χ4v) is 6.21. The Labute approximate surface area is 216 Å². The van der Waals surface area contributed by atoms with E-state index in [4.69, 9.17) is 9.26 Å². The number of aromatic nitrogens is 1. The van der Waals surface area contributed by atoms with Gasteiger partial charge in [-0.15, -0.1) is 0 Å². The SMILES string of the molecule is CN(C)[C@@H]1c2onc(OCc3ccccc3)c2C(=O)[C@@]2(O)C(=O)C3=C(O)c4c(O)ccc(F)c4C[C@H]3C[C@@H]12. The number of hydrogen-bond acceptors (Lipinski definition) is 9. The van der Waals surface area contributed by atoms with Crippen LogP contribution in [0.1, 0.15) is 45.3 Å². The summed E-state index contributed by atoms with van der Waals surface area (Å²) in [7, 11) is 3.44. The molecule has 3 N–H and O–H groups in total. The zero-order chi connectivity index (χ0) is 26.9. The summed E-state index contributed by atoms with van der Waals surface area (Å²) in [5, 5.41) is 37.3. The summed E-state index contributed by atoms with van der Waals surface area (Å²) < 4.78 is 26.0. The van der Waals surface area contributed by atoms with Gasteiger partial charge in [-0.2, -0.15) is 0 Å². The lowest BCUT2D eigenvalue weighted by Gasteiger charge is -2.49. The van der Waals surface area contributed by atoms with E-state index in [-0.39, 0.29) is 53.4 Å². The fourth-order valence-electron chi connectivity index (χ4n) is 6.21. The molecule has 3 aliphatic rings. The van der Waals surface area contributed by atoms with E-state index < -0.39 is 52.4 Å². The molecule has 196 valence electrons. The van der Waals surface area contributed by atoms with Crippen molar-refractivity contribution in [2.45, 2.75) is 31.1 Å². The number of aromatic hydroxyl groups is 1. The van der Waals surface area contributed by atoms with Crippen LogP contribution in [0.3, 0.4) is 0 Å². The van der Waals surface area contributed by atoms with E-state index in [1.807, 2.05) is 30.3 Å². The van der Waals surface area contributed by atoms with Crippen molar-refractivity contribution in [1.29, 1.82) is 0 Å². The Morgan fingerprint density at radius 1 is 1.11 bits per heavy atom. The molecule has 0 aliphatic heterocycles. The molecule has 3 aliphatic carbocycles. The summed E-state index contributed by atoms with van der Waals surface area (Å²) in [4.78, 5) is 29.6. The summed E-state index contributed by atoms with van der Waals surface area (Å²) in [6.45, 7) is 0.0746. The van der Waals surface area contributed by atoms with Gasteiger partial charge >= 0.3 is 0 Å². The summed E-state index contributed by atoms with van der Waals surface area (Å²) in [5.41, 5.74) is -2.19. The number of ether oxygens (including phenoxy) is 1. The zero-order valence-corrected chi connectivity index (χ0v) is 20.6. The smallest absolute Gasteiger partial charge is 0.265 e. The van der Waals surface area contributed by atoms with E-state index >= 15 is 0 Å². The lowest BCUT2D eigenvalue weighted by Crippen LogP contribution is -2.63. The van der Waals surface area contributed by atoms with Crippen molar-refractivity contribution in [3.05, 3.63) is 81.9 Å². The minimum atomic E-state index is -2.56. The van der Waals surface area contributed by atoms with Crippen molar-refractivity contribution in [3.63, 3.8) is 0 Å². The molecular formula is C28H25FN2O7. The van der Waals surface area contributed by atoms with Crippen LogP contribution < -0.4 is 4.74 Å². The molecule has 4 atom stereocenters. The number of carbonyl (C=O) groups is 2. The molecule has 3 aromatic rings. The highest BCUT2D eigenvalue weighted by Gasteiger charge is 2.65. The van der Waals surface area contributed by atoms with E-state index in [1.165, 1.54) is 0 Å². The van der Waals surface area contributed by atoms with E-state index in [2.05, 4.69) is 5.16 Å². The molecule has 0 bridgehead atoms. The van der Waals surface area contributed by atoms with Crippen LogP contribution in [0.2, 0.25) is 0 Å². The van der Waals surface area contributed by atoms with Crippen LogP contribution >= 0.6 is 0 Å². The zero-order valence-electron chi connectivity index (χ0n) is 20.6. The van der Waals surface area contributed by atoms with Gasteiger partial charge in [0.2, 0.25) is 11.6 Å². The molecule has 9 nitrogen and oxygen atoms in total. The standard InChI is InChI=1S/C28H25FN2O7/c1-31(2)22-16-11-14-10-15-17(29)8-9-18(32)20(15)23(33)19(14)25(34)28(16,36)26(35)21-24(22)38-30-27(21)37-12-13-6-4-3-5-7-13/h3-9,14,16,22,32-33,36H,10-12H2,1-2H3/t14-,16-,22-,28-/m0/s1. The first-order chi connectivity index (χ1) is 18.1. The lowest BCUT2D eigenvalue weighted by atomic mass is 9.57. The Kier molecular flexibility index (Phi) is 5.44. The predicted molar refractivity (Wildman–Crippen MR) is 131 cm³/mol. The first-order valence-corrected chi connectivity index (χ1v) is 12.2. The monoisotopic (exact) mass is 520 g/mol. The molecule has 1 saturated carbocycles. The van der Waals surface area contributed by atoms with Crippen molar-refractivity contribution in [2.75, 3.05) is 14.1 Å². The molecule has 0 amide bonds. The molecule has 6 rings (SSSR count). The van der Waals surface area contributed by atoms with E-state index in [9.17, 15) is 29.3 Å². The van der Waals surface area contributed by atoms with Gasteiger partial charge in [-0.3, -0.25) is 14.5 Å². The molecule has 0 spiro atoms. The summed E-state index contributed by atoms with van der Waals surface area (Å²) in [5.74, 6) is -5.20. The molecule has 0 saturated heterocycles. The maximum atomic E-state index is 14.7. The number of halogens is 1. The second-order valence-corrected chi connectivity index (χ2v) is 10.3. The maximum absolute atomic E-state index is 14.7. The fraction of sp³-hybridized carbons (Fsp3) is 0.321. The van der Waals surface area contributed by atoms with E-state index in [1.54, 1.807) is 19.0 Å². The number of phenolic OH excluding ortho intramolecular Hbond substituents is 1. The molecule has 2 aromatic carbocycles. The van der Waals surface area contributed by atoms with Gasteiger partial charge in [0.25, 0.3) is 5.88 Å². The van der Waals surface area contributed by atoms with Crippen molar-refractivity contribution in [2.24, 2.45) is 11.8 Å². The summed E-state index contributed by atoms with van der Waals surface area (Å²) in [6.07, 6.45) is 0.0847. The third kappa shape index (κ3) is 3.26. The number of phenols is 1. The van der Waals surface area contributed by atoms with E-state index in [0.717, 1.165) is 17.7 Å². The molecule has 38 heavy (non-hydrogen) atoms. The lowest BCUT2D eigenvalue weighted by molar-refractivity contribution is -0.142. The second kappa shape index (κ2) is 8.50. The highest BCUT2D eigenvalue weighted by Crippen LogP contribution is 2.56. The Balaban J connectivity index is 1.47. The number of ketones is 2. The third-order valence-corrected chi connectivity index (χ3v) is 7.94. The molecule has 1 heterocycles. The summed E-state index contributed by atoms with van der Waals surface area (Å²) in [6, 6.07) is 10.6. The van der Waals surface area contributed by atoms with Crippen molar-refractivity contribution in [3.8, 4) is 11.6 Å². The number of benzene rings is 2. The van der Waals surface area contributed by atoms with Gasteiger partial charge in [0.15, 0.2) is 11.4 Å². The number of fused-ring (bicyclic) bond motifs is 4. The number of aliphatic hydroxyl groups excluding tert-OH is 1. The second-order valence-electron chi connectivity index (χ2n) is 10.3. The van der Waals surface area contributed by atoms with Gasteiger partial charge in [-0.1, -0.05) is 30.3 Å². The van der Waals surface area contributed by atoms with Crippen molar-refractivity contribution in [1.82, 2.24) is 10.1 Å². The molecule has 10 heteroatoms. The van der Waals surface area contributed by atoms with Crippen LogP contribution in [0.5, 0.6) is 11.6 Å². The Bertz CT molecular complexity index is 1510. The maximum Gasteiger partial charge on any atom is 0.265 e. The van der Waals surface area contributed by atoms with Crippen LogP contribution in [-0.4, -0.2) is 56.6 Å². The largest absolute Gasteiger partial charge is 0.507 e. The first kappa shape index (κ1) is 24.3. The Hall–Kier alpha value is -4.02. The van der Waals surface area contributed by atoms with Gasteiger partial charge in [-0.05, 0) is 55.7 Å². The normalized spacial score (nSPS) is 26.1. The van der Waals surface area contributed by atoms with Crippen molar-refractivity contribution < 1.29 is 38.6 Å². The summed E-state index contributed by atoms with van der Waals surface area (Å²) >= 11 is 0. The predicted octanol–water partition coefficient (Wildman–Crippen LogP) is 3.36. The number of aliphatic hydroxyl groups is 2. The van der Waals surface area contributed by atoms with Crippen LogP contribution in [0.4, 0.5) is 4.39 Å². The average molecular weight is 521 g/mol. The number of nitrogens with zero attached hydrogens (tertiary/aromatic N) is 2. The van der Waals surface area contributed by atoms with Gasteiger partial charge in [0.05, 0.1) is 11.6 Å². The minimum absolute atomic E-state index is 0.0102. The van der Waals surface area contributed by atoms with Gasteiger partial charge < -0.3 is 24.6 Å². The average Bonchev–Trinajstić information content (AvgIpc) is 3.31. The van der Waals surface area contributed by atoms with Gasteiger partial charge in [0, 0.05) is 17.1 Å². The number of carbonyl (C=O) groups excluding carboxylic acids is 2. The van der Waals surface area contributed by atoms with E-state index in [0.29, 0.717) is 0 Å². The van der Waals surface area contributed by atoms with Crippen LogP contribution in [0, 0.1) is 17.7 Å². The molecule has 1 aromatic heterocycles. The van der Waals surface area contributed by atoms with Crippen LogP contribution in [0.25, 0.3) is 5.76 Å². The molecule has 1 fully saturated rings. The molecule has 0 radical (unpaired) electrons. The number of hydrogen-bond donors (Lipinski definition) is 3. The molecule has 0 unspecified atom stereocenters. The number of Topliss-reactive ketones (excluding diaryl/α,β-unsaturated/α-hetero) is 2. The van der Waals surface area contributed by atoms with Crippen LogP contribution in [0.15, 0.2) is 52.6 Å². The topological polar surface area (TPSA) is 133 Å². The number of rotatable bonds is 4. The minimum Gasteiger partial charge on any atom is -0.507 e. The highest BCUT2D eigenvalue weighted by atomic mass is 19.1. The highest BCUT2D eigenvalue weighted by molar-refractivity contribution is 6.26. The third-order valence-electron chi connectivity index (χ3n) is 7.94. The van der Waals surface area contributed by atoms with Crippen LogP contribution in [-0.2, 0) is 17.8 Å². The Morgan fingerprint density at radius 2 is 1.84 bits per heavy atom.